The number of nitrogens with one attached hydrogen (secondary N) is 1. The van der Waals surface area contributed by atoms with Crippen LogP contribution >= 0.6 is 0 Å². The zero-order valence-electron chi connectivity index (χ0n) is 24.9. The molecule has 0 radical (unpaired) electrons. The van der Waals surface area contributed by atoms with Crippen molar-refractivity contribution in [1.82, 2.24) is 24.8 Å². The van der Waals surface area contributed by atoms with Crippen LogP contribution in [0.3, 0.4) is 0 Å². The van der Waals surface area contributed by atoms with Crippen LogP contribution in [0.15, 0.2) is 48.9 Å². The van der Waals surface area contributed by atoms with Crippen molar-refractivity contribution in [3.05, 3.63) is 76.7 Å². The molecule has 9 nitrogen and oxygen atoms in total. The fourth-order valence-electron chi connectivity index (χ4n) is 6.09. The molecule has 2 amide bonds. The Morgan fingerprint density at radius 2 is 1.90 bits per heavy atom. The average molecular weight is 568 g/mol. The van der Waals surface area contributed by atoms with Gasteiger partial charge in [0.05, 0.1) is 13.2 Å². The van der Waals surface area contributed by atoms with Crippen molar-refractivity contribution in [3.63, 3.8) is 0 Å². The average Bonchev–Trinajstić information content (AvgIpc) is 3.62. The summed E-state index contributed by atoms with van der Waals surface area (Å²) in [7, 11) is 1.54. The minimum atomic E-state index is -0.587. The SMILES string of the molecule is COc1cc(C(=O)N2CCc3cc(-c4cnc5[nH]cc(C)c5c4)cc(C4CCCN4C(=O)OC(C)(C)C)c3C2)ccn1. The highest BCUT2D eigenvalue weighted by molar-refractivity contribution is 5.94. The molecule has 9 heteroatoms. The van der Waals surface area contributed by atoms with Crippen molar-refractivity contribution in [2.75, 3.05) is 20.2 Å². The Balaban J connectivity index is 1.42. The summed E-state index contributed by atoms with van der Waals surface area (Å²) >= 11 is 0. The molecule has 0 bridgehead atoms. The van der Waals surface area contributed by atoms with E-state index in [1.807, 2.05) is 43.0 Å². The first-order chi connectivity index (χ1) is 20.1. The summed E-state index contributed by atoms with van der Waals surface area (Å²) in [5.74, 6) is 0.343. The van der Waals surface area contributed by atoms with Gasteiger partial charge < -0.3 is 24.3 Å². The Labute approximate surface area is 245 Å². The number of aryl methyl sites for hydroxylation is 1. The molecular formula is C33H37N5O4. The molecule has 4 aromatic rings. The highest BCUT2D eigenvalue weighted by atomic mass is 16.6. The van der Waals surface area contributed by atoms with Gasteiger partial charge in [0, 0.05) is 60.8 Å². The number of carbonyl (C=O) groups excluding carboxylic acids is 2. The number of H-pyrrole nitrogens is 1. The molecule has 0 saturated carbocycles. The molecule has 1 aromatic carbocycles. The molecular weight excluding hydrogens is 530 g/mol. The topological polar surface area (TPSA) is 101 Å². The van der Waals surface area contributed by atoms with Gasteiger partial charge in [-0.3, -0.25) is 4.79 Å². The van der Waals surface area contributed by atoms with Gasteiger partial charge in [-0.1, -0.05) is 6.07 Å². The van der Waals surface area contributed by atoms with Gasteiger partial charge in [0.25, 0.3) is 5.91 Å². The summed E-state index contributed by atoms with van der Waals surface area (Å²) in [6.45, 7) is 9.43. The number of aromatic amines is 1. The van der Waals surface area contributed by atoms with Crippen molar-refractivity contribution in [2.24, 2.45) is 0 Å². The predicted molar refractivity (Wildman–Crippen MR) is 160 cm³/mol. The number of benzene rings is 1. The number of pyridine rings is 2. The third kappa shape index (κ3) is 5.31. The van der Waals surface area contributed by atoms with E-state index >= 15 is 0 Å². The first-order valence-corrected chi connectivity index (χ1v) is 14.5. The van der Waals surface area contributed by atoms with Crippen LogP contribution < -0.4 is 4.74 Å². The highest BCUT2D eigenvalue weighted by Gasteiger charge is 2.36. The number of carbonyl (C=O) groups is 2. The second-order valence-electron chi connectivity index (χ2n) is 12.2. The van der Waals surface area contributed by atoms with Crippen molar-refractivity contribution in [1.29, 1.82) is 0 Å². The normalized spacial score (nSPS) is 16.9. The lowest BCUT2D eigenvalue weighted by Gasteiger charge is -2.35. The van der Waals surface area contributed by atoms with Gasteiger partial charge in [-0.25, -0.2) is 14.8 Å². The zero-order chi connectivity index (χ0) is 29.6. The number of likely N-dealkylation sites (tertiary alicyclic amines) is 1. The van der Waals surface area contributed by atoms with Crippen LogP contribution in [-0.2, 0) is 17.7 Å². The Morgan fingerprint density at radius 3 is 2.69 bits per heavy atom. The summed E-state index contributed by atoms with van der Waals surface area (Å²) in [6.07, 6.45) is 7.60. The third-order valence-corrected chi connectivity index (χ3v) is 8.17. The van der Waals surface area contributed by atoms with Gasteiger partial charge >= 0.3 is 6.09 Å². The summed E-state index contributed by atoms with van der Waals surface area (Å²) in [5, 5.41) is 1.09. The number of nitrogens with zero attached hydrogens (tertiary/aromatic N) is 4. The van der Waals surface area contributed by atoms with Crippen molar-refractivity contribution >= 4 is 23.0 Å². The van der Waals surface area contributed by atoms with Crippen LogP contribution in [0.1, 0.15) is 72.3 Å². The van der Waals surface area contributed by atoms with Gasteiger partial charge in [0.2, 0.25) is 5.88 Å². The minimum absolute atomic E-state index is 0.0654. The summed E-state index contributed by atoms with van der Waals surface area (Å²) in [5.41, 5.74) is 7.42. The van der Waals surface area contributed by atoms with E-state index in [4.69, 9.17) is 9.47 Å². The fourth-order valence-corrected chi connectivity index (χ4v) is 6.09. The number of aromatic nitrogens is 3. The van der Waals surface area contributed by atoms with E-state index in [0.717, 1.165) is 51.7 Å². The monoisotopic (exact) mass is 567 g/mol. The standard InChI is InChI=1S/C33H37N5O4/c1-20-17-35-30-25(20)15-24(18-36-30)23-13-21-9-12-37(31(39)22-8-10-34-29(16-22)41-5)19-27(21)26(14-23)28-7-6-11-38(28)32(40)42-33(2,3)4/h8,10,13-18,28H,6-7,9,11-12,19H2,1-5H3,(H,35,36). The molecule has 6 rings (SSSR count). The molecule has 218 valence electrons. The Hall–Kier alpha value is -4.40. The Morgan fingerprint density at radius 1 is 1.07 bits per heavy atom. The molecule has 1 atom stereocenters. The van der Waals surface area contributed by atoms with Crippen LogP contribution in [0.25, 0.3) is 22.2 Å². The smallest absolute Gasteiger partial charge is 0.410 e. The van der Waals surface area contributed by atoms with Crippen LogP contribution in [0, 0.1) is 6.92 Å². The largest absolute Gasteiger partial charge is 0.481 e. The van der Waals surface area contributed by atoms with E-state index in [2.05, 4.69) is 40.1 Å². The number of ether oxygens (including phenoxy) is 2. The summed E-state index contributed by atoms with van der Waals surface area (Å²) < 4.78 is 11.1. The second-order valence-corrected chi connectivity index (χ2v) is 12.2. The van der Waals surface area contributed by atoms with Crippen LogP contribution in [0.5, 0.6) is 5.88 Å². The molecule has 1 saturated heterocycles. The van der Waals surface area contributed by atoms with Crippen LogP contribution in [0.4, 0.5) is 4.79 Å². The molecule has 42 heavy (non-hydrogen) atoms. The summed E-state index contributed by atoms with van der Waals surface area (Å²) in [4.78, 5) is 42.7. The van der Waals surface area contributed by atoms with Crippen LogP contribution in [0.2, 0.25) is 0 Å². The van der Waals surface area contributed by atoms with Crippen LogP contribution in [-0.4, -0.2) is 62.6 Å². The van der Waals surface area contributed by atoms with E-state index in [-0.39, 0.29) is 18.0 Å². The number of fused-ring (bicyclic) bond motifs is 2. The Kier molecular flexibility index (Phi) is 7.12. The van der Waals surface area contributed by atoms with Gasteiger partial charge in [-0.2, -0.15) is 0 Å². The zero-order valence-corrected chi connectivity index (χ0v) is 24.9. The second kappa shape index (κ2) is 10.8. The molecule has 1 unspecified atom stereocenters. The van der Waals surface area contributed by atoms with Crippen molar-refractivity contribution in [3.8, 4) is 17.0 Å². The van der Waals surface area contributed by atoms with E-state index < -0.39 is 5.60 Å². The molecule has 0 aliphatic carbocycles. The molecule has 3 aromatic heterocycles. The maximum atomic E-state index is 13.6. The van der Waals surface area contributed by atoms with E-state index in [1.165, 1.54) is 5.56 Å². The van der Waals surface area contributed by atoms with E-state index in [0.29, 0.717) is 37.5 Å². The minimum Gasteiger partial charge on any atom is -0.481 e. The van der Waals surface area contributed by atoms with Crippen molar-refractivity contribution < 1.29 is 19.1 Å². The maximum absolute atomic E-state index is 13.6. The van der Waals surface area contributed by atoms with E-state index in [9.17, 15) is 9.59 Å². The third-order valence-electron chi connectivity index (χ3n) is 8.17. The predicted octanol–water partition coefficient (Wildman–Crippen LogP) is 6.21. The van der Waals surface area contributed by atoms with Crippen molar-refractivity contribution in [2.45, 2.75) is 65.1 Å². The van der Waals surface area contributed by atoms with E-state index in [1.54, 1.807) is 25.4 Å². The lowest BCUT2D eigenvalue weighted by molar-refractivity contribution is 0.0222. The maximum Gasteiger partial charge on any atom is 0.410 e. The lowest BCUT2D eigenvalue weighted by atomic mass is 9.86. The Bertz CT molecular complexity index is 1670. The molecule has 0 spiro atoms. The number of hydrogen-bond acceptors (Lipinski definition) is 6. The molecule has 5 heterocycles. The summed E-state index contributed by atoms with van der Waals surface area (Å²) in [6, 6.07) is 9.85. The van der Waals surface area contributed by atoms with Gasteiger partial charge in [-0.05, 0) is 93.0 Å². The number of hydrogen-bond donors (Lipinski definition) is 1. The number of amides is 2. The first kappa shape index (κ1) is 27.8. The lowest BCUT2D eigenvalue weighted by Crippen LogP contribution is -2.39. The highest BCUT2D eigenvalue weighted by Crippen LogP contribution is 2.40. The number of methoxy groups -OCH3 is 1. The van der Waals surface area contributed by atoms with Gasteiger partial charge in [0.1, 0.15) is 11.2 Å². The molecule has 1 fully saturated rings. The fraction of sp³-hybridized carbons (Fsp3) is 0.394. The van der Waals surface area contributed by atoms with Gasteiger partial charge in [0.15, 0.2) is 0 Å². The first-order valence-electron chi connectivity index (χ1n) is 14.5. The van der Waals surface area contributed by atoms with Gasteiger partial charge in [-0.15, -0.1) is 0 Å². The molecule has 1 N–H and O–H groups in total. The number of rotatable bonds is 4. The molecule has 2 aliphatic heterocycles. The quantitative estimate of drug-likeness (QED) is 0.315. The molecule has 2 aliphatic rings.